The second-order valence-corrected chi connectivity index (χ2v) is 2.88. The summed E-state index contributed by atoms with van der Waals surface area (Å²) in [6.07, 6.45) is 1.88. The Bertz CT molecular complexity index is 375. The zero-order valence-corrected chi connectivity index (χ0v) is 7.73. The van der Waals surface area contributed by atoms with Crippen LogP contribution in [0.3, 0.4) is 0 Å². The standard InChI is InChI=1S/C7H11N7/c1-14-3-2-5(13-14)4-9-7-10-6(8)11-12-7/h2-3H,4H2,1H3,(H4,8,9,10,11,12). The fourth-order valence-corrected chi connectivity index (χ4v) is 1.08. The number of rotatable bonds is 3. The second-order valence-electron chi connectivity index (χ2n) is 2.88. The van der Waals surface area contributed by atoms with Gasteiger partial charge in [-0.15, -0.1) is 5.10 Å². The maximum Gasteiger partial charge on any atom is 0.243 e. The van der Waals surface area contributed by atoms with E-state index in [4.69, 9.17) is 5.73 Å². The van der Waals surface area contributed by atoms with Gasteiger partial charge < -0.3 is 11.1 Å². The molecule has 0 saturated carbocycles. The molecule has 14 heavy (non-hydrogen) atoms. The number of nitrogens with two attached hydrogens (primary N) is 1. The Labute approximate surface area is 80.3 Å². The van der Waals surface area contributed by atoms with E-state index in [0.717, 1.165) is 5.69 Å². The van der Waals surface area contributed by atoms with Gasteiger partial charge in [-0.25, -0.2) is 5.10 Å². The molecule has 0 aliphatic heterocycles. The highest BCUT2D eigenvalue weighted by molar-refractivity contribution is 5.30. The zero-order chi connectivity index (χ0) is 9.97. The van der Waals surface area contributed by atoms with Crippen molar-refractivity contribution in [3.05, 3.63) is 18.0 Å². The van der Waals surface area contributed by atoms with Crippen molar-refractivity contribution in [1.29, 1.82) is 0 Å². The molecule has 2 rings (SSSR count). The average molecular weight is 193 g/mol. The summed E-state index contributed by atoms with van der Waals surface area (Å²) in [7, 11) is 1.87. The molecule has 0 radical (unpaired) electrons. The van der Waals surface area contributed by atoms with E-state index < -0.39 is 0 Å². The highest BCUT2D eigenvalue weighted by atomic mass is 15.3. The van der Waals surface area contributed by atoms with E-state index in [1.54, 1.807) is 4.68 Å². The van der Waals surface area contributed by atoms with E-state index in [-0.39, 0.29) is 0 Å². The van der Waals surface area contributed by atoms with Gasteiger partial charge in [0.2, 0.25) is 11.9 Å². The van der Waals surface area contributed by atoms with Crippen molar-refractivity contribution < 1.29 is 0 Å². The number of anilines is 2. The van der Waals surface area contributed by atoms with Crippen LogP contribution in [0, 0.1) is 0 Å². The lowest BCUT2D eigenvalue weighted by atomic mass is 10.4. The maximum absolute atomic E-state index is 5.36. The molecule has 7 heteroatoms. The van der Waals surface area contributed by atoms with Crippen LogP contribution in [0.25, 0.3) is 0 Å². The van der Waals surface area contributed by atoms with Gasteiger partial charge in [-0.1, -0.05) is 0 Å². The van der Waals surface area contributed by atoms with Crippen molar-refractivity contribution in [2.75, 3.05) is 11.1 Å². The first-order valence-electron chi connectivity index (χ1n) is 4.14. The van der Waals surface area contributed by atoms with E-state index in [1.165, 1.54) is 0 Å². The van der Waals surface area contributed by atoms with E-state index >= 15 is 0 Å². The van der Waals surface area contributed by atoms with Gasteiger partial charge in [0, 0.05) is 13.2 Å². The number of aryl methyl sites for hydroxylation is 1. The highest BCUT2D eigenvalue weighted by Crippen LogP contribution is 2.01. The summed E-state index contributed by atoms with van der Waals surface area (Å²) in [6.45, 7) is 0.581. The molecule has 7 nitrogen and oxygen atoms in total. The van der Waals surface area contributed by atoms with Crippen LogP contribution in [0.1, 0.15) is 5.69 Å². The van der Waals surface area contributed by atoms with Gasteiger partial charge in [-0.3, -0.25) is 4.68 Å². The first kappa shape index (κ1) is 8.54. The number of aromatic nitrogens is 5. The molecular weight excluding hydrogens is 182 g/mol. The molecule has 0 saturated heterocycles. The molecule has 0 aliphatic rings. The molecule has 0 spiro atoms. The van der Waals surface area contributed by atoms with Crippen LogP contribution in [0.5, 0.6) is 0 Å². The summed E-state index contributed by atoms with van der Waals surface area (Å²) in [4.78, 5) is 3.90. The van der Waals surface area contributed by atoms with Gasteiger partial charge in [-0.2, -0.15) is 10.1 Å². The monoisotopic (exact) mass is 193 g/mol. The number of nitrogens with zero attached hydrogens (tertiary/aromatic N) is 4. The molecule has 0 aromatic carbocycles. The van der Waals surface area contributed by atoms with Crippen molar-refractivity contribution in [3.63, 3.8) is 0 Å². The molecule has 0 aliphatic carbocycles. The average Bonchev–Trinajstić information content (AvgIpc) is 2.72. The minimum atomic E-state index is 0.300. The number of H-pyrrole nitrogens is 1. The quantitative estimate of drug-likeness (QED) is 0.623. The van der Waals surface area contributed by atoms with Gasteiger partial charge in [0.1, 0.15) is 0 Å². The van der Waals surface area contributed by atoms with Crippen LogP contribution in [0.2, 0.25) is 0 Å². The first-order chi connectivity index (χ1) is 6.74. The molecule has 0 unspecified atom stereocenters. The summed E-state index contributed by atoms with van der Waals surface area (Å²) >= 11 is 0. The molecule has 0 atom stereocenters. The summed E-state index contributed by atoms with van der Waals surface area (Å²) in [5, 5.41) is 13.5. The Morgan fingerprint density at radius 3 is 3.07 bits per heavy atom. The molecule has 0 fully saturated rings. The number of aromatic amines is 1. The van der Waals surface area contributed by atoms with Crippen LogP contribution < -0.4 is 11.1 Å². The highest BCUT2D eigenvalue weighted by Gasteiger charge is 2.00. The largest absolute Gasteiger partial charge is 0.368 e. The lowest BCUT2D eigenvalue weighted by molar-refractivity contribution is 0.746. The number of nitrogens with one attached hydrogen (secondary N) is 2. The minimum absolute atomic E-state index is 0.300. The normalized spacial score (nSPS) is 10.4. The number of nitrogen functional groups attached to an aromatic ring is 1. The summed E-state index contributed by atoms with van der Waals surface area (Å²) in [5.74, 6) is 0.779. The third-order valence-corrected chi connectivity index (χ3v) is 1.70. The summed E-state index contributed by atoms with van der Waals surface area (Å²) in [5.41, 5.74) is 6.29. The predicted molar refractivity (Wildman–Crippen MR) is 51.3 cm³/mol. The van der Waals surface area contributed by atoms with Gasteiger partial charge in [0.25, 0.3) is 0 Å². The fraction of sp³-hybridized carbons (Fsp3) is 0.286. The third-order valence-electron chi connectivity index (χ3n) is 1.70. The minimum Gasteiger partial charge on any atom is -0.368 e. The Balaban J connectivity index is 1.94. The predicted octanol–water partition coefficient (Wildman–Crippen LogP) is -0.268. The fourth-order valence-electron chi connectivity index (χ4n) is 1.08. The molecule has 74 valence electrons. The van der Waals surface area contributed by atoms with Crippen molar-refractivity contribution in [1.82, 2.24) is 25.0 Å². The molecule has 0 bridgehead atoms. The third kappa shape index (κ3) is 1.82. The van der Waals surface area contributed by atoms with Gasteiger partial charge in [-0.05, 0) is 6.07 Å². The number of hydrogen-bond acceptors (Lipinski definition) is 5. The molecular formula is C7H11N7. The molecule has 4 N–H and O–H groups in total. The SMILES string of the molecule is Cn1ccc(CNc2n[nH]c(N)n2)n1. The lowest BCUT2D eigenvalue weighted by Crippen LogP contribution is -2.02. The first-order valence-corrected chi connectivity index (χ1v) is 4.14. The topological polar surface area (TPSA) is 97.4 Å². The Morgan fingerprint density at radius 2 is 2.50 bits per heavy atom. The van der Waals surface area contributed by atoms with E-state index in [9.17, 15) is 0 Å². The lowest BCUT2D eigenvalue weighted by Gasteiger charge is -1.96. The van der Waals surface area contributed by atoms with Crippen molar-refractivity contribution in [2.24, 2.45) is 7.05 Å². The maximum atomic E-state index is 5.36. The van der Waals surface area contributed by atoms with Crippen molar-refractivity contribution in [3.8, 4) is 0 Å². The Morgan fingerprint density at radius 1 is 1.64 bits per heavy atom. The van der Waals surface area contributed by atoms with Crippen LogP contribution in [-0.2, 0) is 13.6 Å². The van der Waals surface area contributed by atoms with Crippen molar-refractivity contribution in [2.45, 2.75) is 6.54 Å². The molecule has 2 heterocycles. The van der Waals surface area contributed by atoms with Crippen LogP contribution in [-0.4, -0.2) is 25.0 Å². The molecule has 0 amide bonds. The summed E-state index contributed by atoms with van der Waals surface area (Å²) in [6, 6.07) is 1.92. The van der Waals surface area contributed by atoms with E-state index in [2.05, 4.69) is 25.6 Å². The van der Waals surface area contributed by atoms with Crippen molar-refractivity contribution >= 4 is 11.9 Å². The number of hydrogen-bond donors (Lipinski definition) is 3. The van der Waals surface area contributed by atoms with Crippen LogP contribution in [0.15, 0.2) is 12.3 Å². The van der Waals surface area contributed by atoms with Gasteiger partial charge >= 0.3 is 0 Å². The van der Waals surface area contributed by atoms with Crippen LogP contribution in [0.4, 0.5) is 11.9 Å². The zero-order valence-electron chi connectivity index (χ0n) is 7.73. The van der Waals surface area contributed by atoms with Gasteiger partial charge in [0.15, 0.2) is 0 Å². The van der Waals surface area contributed by atoms with Gasteiger partial charge in [0.05, 0.1) is 12.2 Å². The van der Waals surface area contributed by atoms with E-state index in [0.29, 0.717) is 18.4 Å². The molecule has 2 aromatic rings. The Kier molecular flexibility index (Phi) is 2.05. The Hall–Kier alpha value is -2.05. The van der Waals surface area contributed by atoms with E-state index in [1.807, 2.05) is 19.3 Å². The second kappa shape index (κ2) is 3.36. The summed E-state index contributed by atoms with van der Waals surface area (Å²) < 4.78 is 1.74. The smallest absolute Gasteiger partial charge is 0.243 e. The van der Waals surface area contributed by atoms with Crippen LogP contribution >= 0.6 is 0 Å². The molecule has 2 aromatic heterocycles.